The van der Waals surface area contributed by atoms with Gasteiger partial charge in [0.25, 0.3) is 5.69 Å². The van der Waals surface area contributed by atoms with Crippen LogP contribution >= 0.6 is 11.8 Å². The lowest BCUT2D eigenvalue weighted by molar-refractivity contribution is -0.383. The minimum absolute atomic E-state index is 0.118. The van der Waals surface area contributed by atoms with E-state index in [0.29, 0.717) is 5.92 Å². The summed E-state index contributed by atoms with van der Waals surface area (Å²) in [6, 6.07) is 6.11. The van der Waals surface area contributed by atoms with Crippen LogP contribution in [0.2, 0.25) is 0 Å². The molecular weight excluding hydrogens is 366 g/mol. The molecule has 1 fully saturated rings. The molecule has 3 rings (SSSR count). The van der Waals surface area contributed by atoms with Crippen LogP contribution in [0.25, 0.3) is 0 Å². The molecule has 144 valence electrons. The van der Waals surface area contributed by atoms with Gasteiger partial charge >= 0.3 is 0 Å². The number of nitro benzene ring substituents is 1. The van der Waals surface area contributed by atoms with Crippen molar-refractivity contribution in [3.8, 4) is 0 Å². The Hall–Kier alpha value is -2.42. The lowest BCUT2D eigenvalue weighted by Crippen LogP contribution is -2.16. The van der Waals surface area contributed by atoms with Gasteiger partial charge in [0.1, 0.15) is 11.5 Å². The van der Waals surface area contributed by atoms with Crippen LogP contribution in [0.3, 0.4) is 0 Å². The van der Waals surface area contributed by atoms with Crippen LogP contribution in [-0.2, 0) is 11.3 Å². The number of aromatic nitrogens is 3. The quantitative estimate of drug-likeness (QED) is 0.436. The van der Waals surface area contributed by atoms with Gasteiger partial charge in [-0.2, -0.15) is 0 Å². The molecule has 1 aromatic heterocycles. The fraction of sp³-hybridized carbons (Fsp3) is 0.500. The summed E-state index contributed by atoms with van der Waals surface area (Å²) in [7, 11) is 0. The summed E-state index contributed by atoms with van der Waals surface area (Å²) in [5, 5.41) is 23.0. The largest absolute Gasteiger partial charge is 0.320 e. The van der Waals surface area contributed by atoms with Gasteiger partial charge in [-0.25, -0.2) is 0 Å². The van der Waals surface area contributed by atoms with Crippen molar-refractivity contribution in [1.82, 2.24) is 14.8 Å². The van der Waals surface area contributed by atoms with Gasteiger partial charge in [0.15, 0.2) is 5.16 Å². The standard InChI is InChI=1S/C18H23N5O3S/c1-2-22-17(13-8-4-3-5-9-13)20-21-18(22)27-12-16(24)19-14-10-6-7-11-15(14)23(25)26/h6-7,10-11,13H,2-5,8-9,12H2,1H3,(H,19,24). The Labute approximate surface area is 161 Å². The molecule has 8 nitrogen and oxygen atoms in total. The molecule has 0 atom stereocenters. The molecule has 0 unspecified atom stereocenters. The van der Waals surface area contributed by atoms with E-state index in [2.05, 4.69) is 20.1 Å². The van der Waals surface area contributed by atoms with E-state index in [9.17, 15) is 14.9 Å². The van der Waals surface area contributed by atoms with Gasteiger partial charge in [-0.15, -0.1) is 10.2 Å². The molecule has 0 saturated heterocycles. The molecule has 1 saturated carbocycles. The summed E-state index contributed by atoms with van der Waals surface area (Å²) in [6.45, 7) is 2.81. The van der Waals surface area contributed by atoms with E-state index in [1.54, 1.807) is 12.1 Å². The number of anilines is 1. The third-order valence-corrected chi connectivity index (χ3v) is 5.71. The summed E-state index contributed by atoms with van der Waals surface area (Å²) in [5.41, 5.74) is 0.0834. The van der Waals surface area contributed by atoms with Crippen molar-refractivity contribution in [2.75, 3.05) is 11.1 Å². The zero-order chi connectivity index (χ0) is 19.2. The highest BCUT2D eigenvalue weighted by molar-refractivity contribution is 7.99. The highest BCUT2D eigenvalue weighted by Crippen LogP contribution is 2.33. The van der Waals surface area contributed by atoms with Crippen molar-refractivity contribution < 1.29 is 9.72 Å². The molecule has 1 amide bonds. The zero-order valence-corrected chi connectivity index (χ0v) is 16.1. The number of para-hydroxylation sites is 2. The number of nitrogens with one attached hydrogen (secondary N) is 1. The molecule has 9 heteroatoms. The summed E-state index contributed by atoms with van der Waals surface area (Å²) >= 11 is 1.31. The summed E-state index contributed by atoms with van der Waals surface area (Å²) in [6.07, 6.45) is 6.01. The topological polar surface area (TPSA) is 103 Å². The Kier molecular flexibility index (Phi) is 6.44. The predicted molar refractivity (Wildman–Crippen MR) is 104 cm³/mol. The Morgan fingerprint density at radius 1 is 1.30 bits per heavy atom. The summed E-state index contributed by atoms with van der Waals surface area (Å²) < 4.78 is 2.08. The first-order valence-corrected chi connectivity index (χ1v) is 10.2. The van der Waals surface area contributed by atoms with Gasteiger partial charge in [-0.3, -0.25) is 14.9 Å². The molecule has 27 heavy (non-hydrogen) atoms. The monoisotopic (exact) mass is 389 g/mol. The molecule has 0 radical (unpaired) electrons. The molecule has 1 aliphatic carbocycles. The van der Waals surface area contributed by atoms with E-state index < -0.39 is 4.92 Å². The molecule has 1 aromatic carbocycles. The SMILES string of the molecule is CCn1c(SCC(=O)Nc2ccccc2[N+](=O)[O-])nnc1C1CCCCC1. The minimum Gasteiger partial charge on any atom is -0.320 e. The first kappa shape index (κ1) is 19.3. The number of hydrogen-bond donors (Lipinski definition) is 1. The maximum Gasteiger partial charge on any atom is 0.292 e. The van der Waals surface area contributed by atoms with E-state index >= 15 is 0 Å². The fourth-order valence-corrected chi connectivity index (χ4v) is 4.23. The summed E-state index contributed by atoms with van der Waals surface area (Å²) in [5.74, 6) is 1.27. The van der Waals surface area contributed by atoms with Crippen LogP contribution in [0, 0.1) is 10.1 Å². The van der Waals surface area contributed by atoms with Crippen molar-refractivity contribution in [2.45, 2.75) is 56.6 Å². The first-order valence-electron chi connectivity index (χ1n) is 9.19. The van der Waals surface area contributed by atoms with E-state index in [1.165, 1.54) is 43.2 Å². The van der Waals surface area contributed by atoms with Crippen molar-refractivity contribution in [1.29, 1.82) is 0 Å². The first-order chi connectivity index (χ1) is 13.1. The van der Waals surface area contributed by atoms with Crippen LogP contribution in [0.5, 0.6) is 0 Å². The Morgan fingerprint density at radius 3 is 2.74 bits per heavy atom. The number of carbonyl (C=O) groups excluding carboxylic acids is 1. The highest BCUT2D eigenvalue weighted by Gasteiger charge is 2.23. The maximum atomic E-state index is 12.3. The Balaban J connectivity index is 1.64. The number of thioether (sulfide) groups is 1. The number of nitrogens with zero attached hydrogens (tertiary/aromatic N) is 4. The Morgan fingerprint density at radius 2 is 2.04 bits per heavy atom. The molecular formula is C18H23N5O3S. The van der Waals surface area contributed by atoms with Crippen LogP contribution in [-0.4, -0.2) is 31.3 Å². The second-order valence-corrected chi connectivity index (χ2v) is 7.47. The third-order valence-electron chi connectivity index (χ3n) is 4.74. The van der Waals surface area contributed by atoms with Gasteiger partial charge in [-0.1, -0.05) is 43.2 Å². The number of rotatable bonds is 7. The average Bonchev–Trinajstić information content (AvgIpc) is 3.10. The van der Waals surface area contributed by atoms with Gasteiger partial charge < -0.3 is 9.88 Å². The fourth-order valence-electron chi connectivity index (χ4n) is 3.42. The van der Waals surface area contributed by atoms with Crippen LogP contribution in [0.1, 0.15) is 50.8 Å². The molecule has 1 N–H and O–H groups in total. The van der Waals surface area contributed by atoms with E-state index in [0.717, 1.165) is 30.4 Å². The number of benzene rings is 1. The number of hydrogen-bond acceptors (Lipinski definition) is 6. The Bertz CT molecular complexity index is 817. The second kappa shape index (κ2) is 8.98. The van der Waals surface area contributed by atoms with Crippen molar-refractivity contribution >= 4 is 29.0 Å². The van der Waals surface area contributed by atoms with Gasteiger partial charge in [-0.05, 0) is 25.8 Å². The normalized spacial score (nSPS) is 14.9. The van der Waals surface area contributed by atoms with Gasteiger partial charge in [0.05, 0.1) is 10.7 Å². The highest BCUT2D eigenvalue weighted by atomic mass is 32.2. The lowest BCUT2D eigenvalue weighted by atomic mass is 9.89. The third kappa shape index (κ3) is 4.65. The van der Waals surface area contributed by atoms with E-state index in [-0.39, 0.29) is 23.0 Å². The zero-order valence-electron chi connectivity index (χ0n) is 15.3. The lowest BCUT2D eigenvalue weighted by Gasteiger charge is -2.21. The van der Waals surface area contributed by atoms with Gasteiger partial charge in [0, 0.05) is 18.5 Å². The van der Waals surface area contributed by atoms with Crippen molar-refractivity contribution in [3.05, 3.63) is 40.2 Å². The van der Waals surface area contributed by atoms with E-state index in [1.807, 2.05) is 6.92 Å². The number of amides is 1. The van der Waals surface area contributed by atoms with Crippen molar-refractivity contribution in [2.24, 2.45) is 0 Å². The molecule has 0 aliphatic heterocycles. The van der Waals surface area contributed by atoms with Crippen LogP contribution in [0.4, 0.5) is 11.4 Å². The molecule has 1 heterocycles. The number of carbonyl (C=O) groups is 1. The minimum atomic E-state index is -0.507. The molecule has 2 aromatic rings. The molecule has 0 bridgehead atoms. The van der Waals surface area contributed by atoms with Crippen LogP contribution in [0.15, 0.2) is 29.4 Å². The molecule has 0 spiro atoms. The number of nitro groups is 1. The van der Waals surface area contributed by atoms with E-state index in [4.69, 9.17) is 0 Å². The predicted octanol–water partition coefficient (Wildman–Crippen LogP) is 3.98. The second-order valence-electron chi connectivity index (χ2n) is 6.53. The van der Waals surface area contributed by atoms with Crippen LogP contribution < -0.4 is 5.32 Å². The average molecular weight is 389 g/mol. The maximum absolute atomic E-state index is 12.3. The van der Waals surface area contributed by atoms with Gasteiger partial charge in [0.2, 0.25) is 5.91 Å². The smallest absolute Gasteiger partial charge is 0.292 e. The summed E-state index contributed by atoms with van der Waals surface area (Å²) in [4.78, 5) is 22.8. The van der Waals surface area contributed by atoms with Crippen molar-refractivity contribution in [3.63, 3.8) is 0 Å². The molecule has 1 aliphatic rings.